The summed E-state index contributed by atoms with van der Waals surface area (Å²) < 4.78 is 1.39. The number of anilines is 1. The van der Waals surface area contributed by atoms with Crippen molar-refractivity contribution in [2.45, 2.75) is 20.4 Å². The fourth-order valence-electron chi connectivity index (χ4n) is 1.92. The number of aryl methyl sites for hydroxylation is 2. The second kappa shape index (κ2) is 5.92. The number of carbonyl (C=O) groups excluding carboxylic acids is 1. The Morgan fingerprint density at radius 1 is 1.33 bits per heavy atom. The van der Waals surface area contributed by atoms with Crippen LogP contribution in [-0.2, 0) is 11.3 Å². The second-order valence-electron chi connectivity index (χ2n) is 4.61. The van der Waals surface area contributed by atoms with Gasteiger partial charge in [-0.25, -0.2) is 4.79 Å². The number of hydrogen-bond donors (Lipinski definition) is 2. The molecule has 0 fully saturated rings. The van der Waals surface area contributed by atoms with Crippen LogP contribution < -0.4 is 10.2 Å². The van der Waals surface area contributed by atoms with Crippen molar-refractivity contribution in [3.05, 3.63) is 50.1 Å². The number of carboxylic acids is 1. The first-order valence-corrected chi connectivity index (χ1v) is 7.05. The van der Waals surface area contributed by atoms with E-state index in [1.807, 2.05) is 0 Å². The van der Waals surface area contributed by atoms with Gasteiger partial charge in [-0.05, 0) is 37.6 Å². The predicted octanol–water partition coefficient (Wildman–Crippen LogP) is 1.86. The van der Waals surface area contributed by atoms with Gasteiger partial charge in [0.25, 0.3) is 0 Å². The molecular formula is C14H14N2O4S. The monoisotopic (exact) mass is 306 g/mol. The highest BCUT2D eigenvalue weighted by Crippen LogP contribution is 2.15. The van der Waals surface area contributed by atoms with Crippen LogP contribution in [0.3, 0.4) is 0 Å². The third kappa shape index (κ3) is 3.38. The lowest BCUT2D eigenvalue weighted by Gasteiger charge is -2.08. The van der Waals surface area contributed by atoms with Gasteiger partial charge in [0, 0.05) is 16.8 Å². The Bertz CT molecular complexity index is 761. The van der Waals surface area contributed by atoms with Crippen LogP contribution in [0.4, 0.5) is 5.69 Å². The summed E-state index contributed by atoms with van der Waals surface area (Å²) >= 11 is 1.05. The van der Waals surface area contributed by atoms with Crippen molar-refractivity contribution in [2.24, 2.45) is 0 Å². The number of carboxylic acid groups (broad SMARTS) is 1. The number of thiazole rings is 1. The molecule has 7 heteroatoms. The average molecular weight is 306 g/mol. The summed E-state index contributed by atoms with van der Waals surface area (Å²) in [5.41, 5.74) is 1.99. The second-order valence-corrected chi connectivity index (χ2v) is 5.43. The normalized spacial score (nSPS) is 10.4. The number of nitrogens with one attached hydrogen (secondary N) is 1. The standard InChI is InChI=1S/C14H14N2O4S/c1-8-5-10(3-4-11(8)13(18)19)15-12(17)6-16-9(2)7-21-14(16)20/h3-5,7H,6H2,1-2H3,(H,15,17)(H,18,19). The van der Waals surface area contributed by atoms with Crippen LogP contribution in [0.15, 0.2) is 28.4 Å². The molecule has 1 heterocycles. The van der Waals surface area contributed by atoms with Gasteiger partial charge in [-0.3, -0.25) is 14.2 Å². The highest BCUT2D eigenvalue weighted by molar-refractivity contribution is 7.07. The molecule has 6 nitrogen and oxygen atoms in total. The number of hydrogen-bond acceptors (Lipinski definition) is 4. The highest BCUT2D eigenvalue weighted by Gasteiger charge is 2.11. The molecule has 2 aromatic rings. The molecule has 0 unspecified atom stereocenters. The molecule has 21 heavy (non-hydrogen) atoms. The van der Waals surface area contributed by atoms with Gasteiger partial charge in [0.05, 0.1) is 5.56 Å². The molecule has 1 aromatic carbocycles. The number of amides is 1. The molecule has 0 aliphatic carbocycles. The summed E-state index contributed by atoms with van der Waals surface area (Å²) in [6, 6.07) is 4.55. The molecular weight excluding hydrogens is 292 g/mol. The molecule has 110 valence electrons. The Labute approximate surface area is 124 Å². The maximum atomic E-state index is 11.9. The van der Waals surface area contributed by atoms with Crippen LogP contribution in [0.5, 0.6) is 0 Å². The van der Waals surface area contributed by atoms with Gasteiger partial charge in [0.15, 0.2) is 0 Å². The highest BCUT2D eigenvalue weighted by atomic mass is 32.1. The minimum atomic E-state index is -1.01. The third-order valence-electron chi connectivity index (χ3n) is 3.02. The van der Waals surface area contributed by atoms with E-state index in [2.05, 4.69) is 5.32 Å². The van der Waals surface area contributed by atoms with E-state index in [0.29, 0.717) is 11.3 Å². The average Bonchev–Trinajstić information content (AvgIpc) is 2.70. The quantitative estimate of drug-likeness (QED) is 0.902. The molecule has 2 rings (SSSR count). The van der Waals surface area contributed by atoms with Gasteiger partial charge in [0.1, 0.15) is 6.54 Å². The molecule has 0 atom stereocenters. The lowest BCUT2D eigenvalue weighted by Crippen LogP contribution is -2.25. The summed E-state index contributed by atoms with van der Waals surface area (Å²) in [5, 5.41) is 13.3. The zero-order chi connectivity index (χ0) is 15.6. The molecule has 2 N–H and O–H groups in total. The Hall–Kier alpha value is -2.41. The minimum absolute atomic E-state index is 0.0616. The zero-order valence-corrected chi connectivity index (χ0v) is 12.4. The van der Waals surface area contributed by atoms with Crippen LogP contribution in [0.2, 0.25) is 0 Å². The van der Waals surface area contributed by atoms with Crippen LogP contribution in [0, 0.1) is 13.8 Å². The van der Waals surface area contributed by atoms with Crippen molar-refractivity contribution in [1.82, 2.24) is 4.57 Å². The maximum Gasteiger partial charge on any atom is 0.335 e. The summed E-state index contributed by atoms with van der Waals surface area (Å²) in [7, 11) is 0. The number of nitrogens with zero attached hydrogens (tertiary/aromatic N) is 1. The largest absolute Gasteiger partial charge is 0.478 e. The summed E-state index contributed by atoms with van der Waals surface area (Å²) in [6.45, 7) is 3.36. The molecule has 0 radical (unpaired) electrons. The summed E-state index contributed by atoms with van der Waals surface area (Å²) in [6.07, 6.45) is 0. The van der Waals surface area contributed by atoms with E-state index in [1.165, 1.54) is 16.7 Å². The van der Waals surface area contributed by atoms with E-state index in [-0.39, 0.29) is 22.9 Å². The topological polar surface area (TPSA) is 88.4 Å². The van der Waals surface area contributed by atoms with Crippen LogP contribution >= 0.6 is 11.3 Å². The van der Waals surface area contributed by atoms with Crippen molar-refractivity contribution >= 4 is 28.9 Å². The first-order chi connectivity index (χ1) is 9.88. The van der Waals surface area contributed by atoms with Gasteiger partial charge in [-0.1, -0.05) is 11.3 Å². The van der Waals surface area contributed by atoms with Crippen LogP contribution in [-0.4, -0.2) is 21.6 Å². The van der Waals surface area contributed by atoms with Crippen molar-refractivity contribution < 1.29 is 14.7 Å². The molecule has 0 aliphatic rings. The fourth-order valence-corrected chi connectivity index (χ4v) is 2.66. The lowest BCUT2D eigenvalue weighted by atomic mass is 10.1. The van der Waals surface area contributed by atoms with E-state index in [9.17, 15) is 14.4 Å². The van der Waals surface area contributed by atoms with E-state index in [1.54, 1.807) is 25.3 Å². The third-order valence-corrected chi connectivity index (χ3v) is 3.90. The Morgan fingerprint density at radius 3 is 2.57 bits per heavy atom. The van der Waals surface area contributed by atoms with E-state index in [4.69, 9.17) is 5.11 Å². The van der Waals surface area contributed by atoms with Gasteiger partial charge < -0.3 is 10.4 Å². The first kappa shape index (κ1) is 15.0. The first-order valence-electron chi connectivity index (χ1n) is 6.17. The number of aromatic carboxylic acids is 1. The number of carbonyl (C=O) groups is 2. The molecule has 0 bridgehead atoms. The minimum Gasteiger partial charge on any atom is -0.478 e. The van der Waals surface area contributed by atoms with E-state index in [0.717, 1.165) is 17.0 Å². The van der Waals surface area contributed by atoms with Gasteiger partial charge in [-0.15, -0.1) is 0 Å². The number of aromatic nitrogens is 1. The molecule has 0 spiro atoms. The van der Waals surface area contributed by atoms with Crippen molar-refractivity contribution in [1.29, 1.82) is 0 Å². The molecule has 1 aromatic heterocycles. The Balaban J connectivity index is 2.12. The SMILES string of the molecule is Cc1cc(NC(=O)Cn2c(C)csc2=O)ccc1C(=O)O. The van der Waals surface area contributed by atoms with Gasteiger partial charge >= 0.3 is 10.8 Å². The molecule has 0 saturated carbocycles. The van der Waals surface area contributed by atoms with E-state index >= 15 is 0 Å². The van der Waals surface area contributed by atoms with Crippen molar-refractivity contribution in [2.75, 3.05) is 5.32 Å². The number of benzene rings is 1. The molecule has 0 saturated heterocycles. The maximum absolute atomic E-state index is 11.9. The van der Waals surface area contributed by atoms with Crippen LogP contribution in [0.25, 0.3) is 0 Å². The fraction of sp³-hybridized carbons (Fsp3) is 0.214. The van der Waals surface area contributed by atoms with E-state index < -0.39 is 5.97 Å². The van der Waals surface area contributed by atoms with Crippen molar-refractivity contribution in [3.63, 3.8) is 0 Å². The predicted molar refractivity (Wildman–Crippen MR) is 80.1 cm³/mol. The lowest BCUT2D eigenvalue weighted by molar-refractivity contribution is -0.116. The molecule has 1 amide bonds. The summed E-state index contributed by atoms with van der Waals surface area (Å²) in [4.78, 5) is 34.2. The van der Waals surface area contributed by atoms with Gasteiger partial charge in [0.2, 0.25) is 5.91 Å². The summed E-state index contributed by atoms with van der Waals surface area (Å²) in [5.74, 6) is -1.34. The van der Waals surface area contributed by atoms with Crippen molar-refractivity contribution in [3.8, 4) is 0 Å². The Morgan fingerprint density at radius 2 is 2.05 bits per heavy atom. The van der Waals surface area contributed by atoms with Gasteiger partial charge in [-0.2, -0.15) is 0 Å². The smallest absolute Gasteiger partial charge is 0.335 e. The zero-order valence-electron chi connectivity index (χ0n) is 11.5. The van der Waals surface area contributed by atoms with Crippen LogP contribution in [0.1, 0.15) is 21.6 Å². The Kier molecular flexibility index (Phi) is 4.23. The number of rotatable bonds is 4. The molecule has 0 aliphatic heterocycles.